The average Bonchev–Trinajstić information content (AvgIpc) is 3.68. The predicted octanol–water partition coefficient (Wildman–Crippen LogP) is 8.13. The maximum atomic E-state index is 7.00. The van der Waals surface area contributed by atoms with Gasteiger partial charge in [-0.2, -0.15) is 10.2 Å². The number of hydrogen-bond donors (Lipinski definition) is 1. The van der Waals surface area contributed by atoms with Gasteiger partial charge in [-0.3, -0.25) is 0 Å². The first-order chi connectivity index (χ1) is 21.7. The van der Waals surface area contributed by atoms with E-state index in [0.29, 0.717) is 0 Å². The summed E-state index contributed by atoms with van der Waals surface area (Å²) >= 11 is 0. The van der Waals surface area contributed by atoms with Crippen LogP contribution in [-0.4, -0.2) is 41.7 Å². The van der Waals surface area contributed by atoms with Gasteiger partial charge in [0.25, 0.3) is 0 Å². The third-order valence-electron chi connectivity index (χ3n) is 6.04. The van der Waals surface area contributed by atoms with E-state index in [9.17, 15) is 0 Å². The molecule has 0 aliphatic carbocycles. The van der Waals surface area contributed by atoms with E-state index in [1.165, 1.54) is 0 Å². The molecule has 224 valence electrons. The molecule has 0 amide bonds. The Bertz CT molecular complexity index is 1560. The minimum atomic E-state index is 0.837. The van der Waals surface area contributed by atoms with Crippen LogP contribution in [0.5, 0.6) is 0 Å². The molecular formula is C37H40N6O. The van der Waals surface area contributed by atoms with E-state index in [0.717, 1.165) is 52.6 Å². The fourth-order valence-corrected chi connectivity index (χ4v) is 4.07. The van der Waals surface area contributed by atoms with Gasteiger partial charge in [-0.15, -0.1) is 0 Å². The van der Waals surface area contributed by atoms with Crippen molar-refractivity contribution in [1.82, 2.24) is 29.5 Å². The van der Waals surface area contributed by atoms with E-state index in [-0.39, 0.29) is 0 Å². The predicted molar refractivity (Wildman–Crippen MR) is 182 cm³/mol. The van der Waals surface area contributed by atoms with Crippen LogP contribution in [0.15, 0.2) is 122 Å². The van der Waals surface area contributed by atoms with Crippen LogP contribution in [0.4, 0.5) is 0 Å². The molecular weight excluding hydrogens is 544 g/mol. The number of aliphatic hydroxyl groups is 1. The molecule has 6 rings (SSSR count). The lowest BCUT2D eigenvalue weighted by Crippen LogP contribution is -2.00. The van der Waals surface area contributed by atoms with Gasteiger partial charge in [0.15, 0.2) is 11.6 Å². The number of hydrogen-bond acceptors (Lipinski definition) is 5. The molecule has 0 atom stereocenters. The van der Waals surface area contributed by atoms with Crippen molar-refractivity contribution in [3.63, 3.8) is 0 Å². The molecule has 0 bridgehead atoms. The Morgan fingerprint density at radius 2 is 0.864 bits per heavy atom. The average molecular weight is 585 g/mol. The summed E-state index contributed by atoms with van der Waals surface area (Å²) in [4.78, 5) is 8.64. The van der Waals surface area contributed by atoms with Crippen LogP contribution in [0.1, 0.15) is 47.8 Å². The highest BCUT2D eigenvalue weighted by Gasteiger charge is 2.05. The summed E-state index contributed by atoms with van der Waals surface area (Å²) in [6, 6.07) is 36.1. The minimum absolute atomic E-state index is 0.837. The van der Waals surface area contributed by atoms with E-state index >= 15 is 0 Å². The van der Waals surface area contributed by atoms with Crippen molar-refractivity contribution in [3.05, 3.63) is 155 Å². The Kier molecular flexibility index (Phi) is 13.7. The maximum Gasteiger partial charge on any atom is 0.153 e. The van der Waals surface area contributed by atoms with Crippen molar-refractivity contribution < 1.29 is 5.11 Å². The van der Waals surface area contributed by atoms with Gasteiger partial charge in [-0.05, 0) is 73.5 Å². The quantitative estimate of drug-likeness (QED) is 0.214. The summed E-state index contributed by atoms with van der Waals surface area (Å²) in [5.41, 5.74) is 6.32. The van der Waals surface area contributed by atoms with Crippen LogP contribution in [-0.2, 0) is 0 Å². The van der Waals surface area contributed by atoms with Crippen molar-refractivity contribution in [3.8, 4) is 11.6 Å². The molecule has 0 aliphatic rings. The molecule has 0 fully saturated rings. The zero-order chi connectivity index (χ0) is 31.6. The molecule has 4 aromatic heterocycles. The molecule has 0 radical (unpaired) electrons. The Balaban J connectivity index is 0.000000216. The summed E-state index contributed by atoms with van der Waals surface area (Å²) in [5, 5.41) is 16.1. The van der Waals surface area contributed by atoms with Crippen molar-refractivity contribution >= 4 is 24.3 Å². The molecule has 6 aromatic rings. The van der Waals surface area contributed by atoms with E-state index in [4.69, 9.17) is 5.11 Å². The normalized spacial score (nSPS) is 10.3. The number of aromatic nitrogens is 6. The summed E-state index contributed by atoms with van der Waals surface area (Å²) in [5.74, 6) is 1.67. The number of aryl methyl sites for hydroxylation is 2. The van der Waals surface area contributed by atoms with Gasteiger partial charge >= 0.3 is 0 Å². The second-order valence-electron chi connectivity index (χ2n) is 9.11. The van der Waals surface area contributed by atoms with Crippen LogP contribution in [0.3, 0.4) is 0 Å². The van der Waals surface area contributed by atoms with Gasteiger partial charge in [0.1, 0.15) is 0 Å². The summed E-state index contributed by atoms with van der Waals surface area (Å²) in [7, 11) is 1.00. The largest absolute Gasteiger partial charge is 0.400 e. The number of pyridine rings is 2. The first-order valence-electron chi connectivity index (χ1n) is 14.5. The maximum absolute atomic E-state index is 7.00. The topological polar surface area (TPSA) is 81.7 Å². The van der Waals surface area contributed by atoms with Gasteiger partial charge in [-0.25, -0.2) is 19.3 Å². The molecule has 7 heteroatoms. The zero-order valence-electron chi connectivity index (χ0n) is 26.0. The van der Waals surface area contributed by atoms with E-state index in [1.54, 1.807) is 12.4 Å². The van der Waals surface area contributed by atoms with Crippen molar-refractivity contribution in [2.75, 3.05) is 7.11 Å². The number of rotatable bonds is 6. The Labute approximate surface area is 260 Å². The summed E-state index contributed by atoms with van der Waals surface area (Å²) < 4.78 is 3.70. The third-order valence-corrected chi connectivity index (χ3v) is 6.04. The van der Waals surface area contributed by atoms with Gasteiger partial charge < -0.3 is 5.11 Å². The van der Waals surface area contributed by atoms with Crippen molar-refractivity contribution in [2.45, 2.75) is 27.7 Å². The standard InChI is InChI=1S/2C17H15N3.C2H6.CH4O/c2*1-14-13-16(11-10-15-7-3-2-4-8-15)19-20(14)17-9-5-6-12-18-17;2*1-2/h2*2-13H,1H3;1-2H3;2H,1H3/b2*11-10+;;. The highest BCUT2D eigenvalue weighted by atomic mass is 16.2. The number of nitrogens with zero attached hydrogens (tertiary/aromatic N) is 6. The first-order valence-corrected chi connectivity index (χ1v) is 14.5. The lowest BCUT2D eigenvalue weighted by atomic mass is 10.2. The fraction of sp³-hybridized carbons (Fsp3) is 0.135. The Morgan fingerprint density at radius 3 is 1.20 bits per heavy atom. The minimum Gasteiger partial charge on any atom is -0.400 e. The van der Waals surface area contributed by atoms with Gasteiger partial charge in [0, 0.05) is 30.9 Å². The van der Waals surface area contributed by atoms with E-state index < -0.39 is 0 Å². The van der Waals surface area contributed by atoms with E-state index in [2.05, 4.69) is 56.6 Å². The van der Waals surface area contributed by atoms with Crippen LogP contribution in [0.25, 0.3) is 35.9 Å². The highest BCUT2D eigenvalue weighted by Crippen LogP contribution is 2.14. The lowest BCUT2D eigenvalue weighted by Gasteiger charge is -2.01. The number of aliphatic hydroxyl groups excluding tert-OH is 1. The molecule has 0 spiro atoms. The van der Waals surface area contributed by atoms with Crippen molar-refractivity contribution in [2.24, 2.45) is 0 Å². The molecule has 2 aromatic carbocycles. The van der Waals surface area contributed by atoms with Crippen molar-refractivity contribution in [1.29, 1.82) is 0 Å². The smallest absolute Gasteiger partial charge is 0.153 e. The monoisotopic (exact) mass is 584 g/mol. The highest BCUT2D eigenvalue weighted by molar-refractivity contribution is 5.68. The molecule has 0 unspecified atom stereocenters. The Morgan fingerprint density at radius 1 is 0.500 bits per heavy atom. The second-order valence-corrected chi connectivity index (χ2v) is 9.11. The lowest BCUT2D eigenvalue weighted by molar-refractivity contribution is 0.399. The number of benzene rings is 2. The van der Waals surface area contributed by atoms with Crippen LogP contribution in [0, 0.1) is 13.8 Å². The summed E-state index contributed by atoms with van der Waals surface area (Å²) in [6.07, 6.45) is 11.7. The Hall–Kier alpha value is -5.40. The molecule has 4 heterocycles. The SMILES string of the molecule is CC.CO.Cc1cc(/C=C/c2ccccc2)nn1-c1ccccn1.Cc1cc(/C=C/c2ccccc2)nn1-c1ccccn1. The fourth-order valence-electron chi connectivity index (χ4n) is 4.07. The van der Waals surface area contributed by atoms with Gasteiger partial charge in [0.05, 0.1) is 11.4 Å². The van der Waals surface area contributed by atoms with Crippen LogP contribution in [0.2, 0.25) is 0 Å². The van der Waals surface area contributed by atoms with Gasteiger partial charge in [-0.1, -0.05) is 98.8 Å². The summed E-state index contributed by atoms with van der Waals surface area (Å²) in [6.45, 7) is 8.06. The van der Waals surface area contributed by atoms with E-state index in [1.807, 2.05) is 134 Å². The first kappa shape index (κ1) is 33.1. The third kappa shape index (κ3) is 9.86. The molecule has 1 N–H and O–H groups in total. The molecule has 0 saturated heterocycles. The molecule has 44 heavy (non-hydrogen) atoms. The molecule has 0 aliphatic heterocycles. The zero-order valence-corrected chi connectivity index (χ0v) is 26.0. The van der Waals surface area contributed by atoms with Crippen LogP contribution >= 0.6 is 0 Å². The molecule has 0 saturated carbocycles. The molecule has 7 nitrogen and oxygen atoms in total. The second kappa shape index (κ2) is 18.2. The van der Waals surface area contributed by atoms with Gasteiger partial charge in [0.2, 0.25) is 0 Å². The van der Waals surface area contributed by atoms with Crippen LogP contribution < -0.4 is 0 Å².